The Morgan fingerprint density at radius 3 is 2.72 bits per heavy atom. The van der Waals surface area contributed by atoms with Crippen LogP contribution in [0.5, 0.6) is 5.75 Å². The van der Waals surface area contributed by atoms with Crippen LogP contribution in [-0.2, 0) is 0 Å². The van der Waals surface area contributed by atoms with Gasteiger partial charge in [0, 0.05) is 6.07 Å². The zero-order valence-electron chi connectivity index (χ0n) is 10.7. The monoisotopic (exact) mass is 249 g/mol. The summed E-state index contributed by atoms with van der Waals surface area (Å²) in [6.07, 6.45) is 6.32. The number of nitrogens with zero attached hydrogens (tertiary/aromatic N) is 1. The van der Waals surface area contributed by atoms with Crippen LogP contribution in [0.4, 0.5) is 5.69 Å². The summed E-state index contributed by atoms with van der Waals surface area (Å²) in [5, 5.41) is 10.8. The molecular formula is C14H19NO3. The van der Waals surface area contributed by atoms with Crippen molar-refractivity contribution >= 4 is 5.69 Å². The summed E-state index contributed by atoms with van der Waals surface area (Å²) in [4.78, 5) is 10.5. The van der Waals surface area contributed by atoms with E-state index in [1.54, 1.807) is 13.0 Å². The van der Waals surface area contributed by atoms with Gasteiger partial charge in [0.25, 0.3) is 5.69 Å². The van der Waals surface area contributed by atoms with E-state index >= 15 is 0 Å². The Balaban J connectivity index is 2.00. The van der Waals surface area contributed by atoms with E-state index in [1.165, 1.54) is 38.2 Å². The zero-order chi connectivity index (χ0) is 13.0. The summed E-state index contributed by atoms with van der Waals surface area (Å²) in [6, 6.07) is 5.01. The third-order valence-corrected chi connectivity index (χ3v) is 3.65. The first kappa shape index (κ1) is 12.9. The summed E-state index contributed by atoms with van der Waals surface area (Å²) in [7, 11) is 0. The third-order valence-electron chi connectivity index (χ3n) is 3.65. The van der Waals surface area contributed by atoms with Crippen LogP contribution in [0.3, 0.4) is 0 Å². The number of benzene rings is 1. The summed E-state index contributed by atoms with van der Waals surface area (Å²) < 4.78 is 5.76. The van der Waals surface area contributed by atoms with Gasteiger partial charge in [0.1, 0.15) is 5.75 Å². The van der Waals surface area contributed by atoms with Gasteiger partial charge in [0.05, 0.1) is 17.1 Å². The average Bonchev–Trinajstić information content (AvgIpc) is 2.38. The molecule has 0 atom stereocenters. The van der Waals surface area contributed by atoms with Crippen molar-refractivity contribution in [3.05, 3.63) is 33.9 Å². The smallest absolute Gasteiger partial charge is 0.276 e. The number of hydrogen-bond donors (Lipinski definition) is 0. The van der Waals surface area contributed by atoms with E-state index in [0.717, 1.165) is 0 Å². The molecule has 0 bridgehead atoms. The van der Waals surface area contributed by atoms with Crippen molar-refractivity contribution in [1.82, 2.24) is 0 Å². The van der Waals surface area contributed by atoms with E-state index in [2.05, 4.69) is 0 Å². The minimum Gasteiger partial charge on any atom is -0.493 e. The van der Waals surface area contributed by atoms with Gasteiger partial charge >= 0.3 is 0 Å². The molecule has 0 spiro atoms. The van der Waals surface area contributed by atoms with Gasteiger partial charge in [-0.1, -0.05) is 25.3 Å². The maximum absolute atomic E-state index is 10.8. The summed E-state index contributed by atoms with van der Waals surface area (Å²) in [5.74, 6) is 1.26. The molecule has 0 aromatic heterocycles. The van der Waals surface area contributed by atoms with Crippen molar-refractivity contribution in [3.8, 4) is 5.75 Å². The molecule has 1 aliphatic rings. The van der Waals surface area contributed by atoms with Crippen LogP contribution in [0, 0.1) is 23.0 Å². The largest absolute Gasteiger partial charge is 0.493 e. The van der Waals surface area contributed by atoms with Crippen LogP contribution in [0.2, 0.25) is 0 Å². The molecule has 18 heavy (non-hydrogen) atoms. The minimum atomic E-state index is -0.358. The van der Waals surface area contributed by atoms with Gasteiger partial charge < -0.3 is 4.74 Å². The highest BCUT2D eigenvalue weighted by Gasteiger charge is 2.17. The highest BCUT2D eigenvalue weighted by molar-refractivity contribution is 5.48. The molecule has 1 aromatic carbocycles. The van der Waals surface area contributed by atoms with E-state index in [4.69, 9.17) is 4.74 Å². The lowest BCUT2D eigenvalue weighted by molar-refractivity contribution is -0.385. The Morgan fingerprint density at radius 1 is 1.33 bits per heavy atom. The Labute approximate surface area is 107 Å². The van der Waals surface area contributed by atoms with Crippen molar-refractivity contribution < 1.29 is 9.66 Å². The topological polar surface area (TPSA) is 52.4 Å². The van der Waals surface area contributed by atoms with Crippen LogP contribution in [-0.4, -0.2) is 11.5 Å². The second-order valence-corrected chi connectivity index (χ2v) is 4.97. The van der Waals surface area contributed by atoms with Crippen molar-refractivity contribution in [3.63, 3.8) is 0 Å². The summed E-state index contributed by atoms with van der Waals surface area (Å²) in [5.41, 5.74) is 0.759. The first-order chi connectivity index (χ1) is 8.68. The lowest BCUT2D eigenvalue weighted by atomic mass is 9.90. The molecule has 1 aromatic rings. The second kappa shape index (κ2) is 5.85. The molecule has 0 N–H and O–H groups in total. The fraction of sp³-hybridized carbons (Fsp3) is 0.571. The molecule has 0 saturated heterocycles. The Morgan fingerprint density at radius 2 is 2.06 bits per heavy atom. The van der Waals surface area contributed by atoms with Gasteiger partial charge in [-0.15, -0.1) is 0 Å². The van der Waals surface area contributed by atoms with Gasteiger partial charge in [-0.2, -0.15) is 0 Å². The predicted molar refractivity (Wildman–Crippen MR) is 69.9 cm³/mol. The number of nitro groups is 1. The van der Waals surface area contributed by atoms with Crippen LogP contribution >= 0.6 is 0 Å². The molecule has 0 radical (unpaired) electrons. The number of nitro benzene ring substituents is 1. The van der Waals surface area contributed by atoms with Gasteiger partial charge in [0.15, 0.2) is 0 Å². The van der Waals surface area contributed by atoms with Crippen LogP contribution < -0.4 is 4.74 Å². The first-order valence-electron chi connectivity index (χ1n) is 6.55. The quantitative estimate of drug-likeness (QED) is 0.601. The van der Waals surface area contributed by atoms with Crippen molar-refractivity contribution in [1.29, 1.82) is 0 Å². The highest BCUT2D eigenvalue weighted by atomic mass is 16.6. The van der Waals surface area contributed by atoms with Gasteiger partial charge in [-0.25, -0.2) is 0 Å². The maximum atomic E-state index is 10.8. The third kappa shape index (κ3) is 3.00. The maximum Gasteiger partial charge on any atom is 0.276 e. The van der Waals surface area contributed by atoms with Crippen LogP contribution in [0.1, 0.15) is 37.7 Å². The van der Waals surface area contributed by atoms with Crippen LogP contribution in [0.15, 0.2) is 18.2 Å². The van der Waals surface area contributed by atoms with E-state index in [-0.39, 0.29) is 10.6 Å². The van der Waals surface area contributed by atoms with Crippen molar-refractivity contribution in [2.75, 3.05) is 6.61 Å². The fourth-order valence-corrected chi connectivity index (χ4v) is 2.52. The van der Waals surface area contributed by atoms with Crippen LogP contribution in [0.25, 0.3) is 0 Å². The van der Waals surface area contributed by atoms with E-state index in [1.807, 2.05) is 6.07 Å². The molecule has 1 aliphatic carbocycles. The lowest BCUT2D eigenvalue weighted by Crippen LogP contribution is -2.15. The zero-order valence-corrected chi connectivity index (χ0v) is 10.7. The molecule has 98 valence electrons. The first-order valence-corrected chi connectivity index (χ1v) is 6.55. The predicted octanol–water partition coefficient (Wildman–Crippen LogP) is 3.86. The second-order valence-electron chi connectivity index (χ2n) is 4.97. The SMILES string of the molecule is Cc1c(OCC2CCCCC2)cccc1[N+](=O)[O-]. The van der Waals surface area contributed by atoms with Gasteiger partial charge in [0.2, 0.25) is 0 Å². The molecule has 1 fully saturated rings. The number of ether oxygens (including phenoxy) is 1. The Hall–Kier alpha value is -1.58. The standard InChI is InChI=1S/C14H19NO3/c1-11-13(15(16)17)8-5-9-14(11)18-10-12-6-3-2-4-7-12/h5,8-9,12H,2-4,6-7,10H2,1H3. The van der Waals surface area contributed by atoms with Crippen molar-refractivity contribution in [2.45, 2.75) is 39.0 Å². The van der Waals surface area contributed by atoms with Gasteiger partial charge in [-0.3, -0.25) is 10.1 Å². The molecule has 4 nitrogen and oxygen atoms in total. The molecular weight excluding hydrogens is 230 g/mol. The summed E-state index contributed by atoms with van der Waals surface area (Å²) in [6.45, 7) is 2.43. The molecule has 1 saturated carbocycles. The fourth-order valence-electron chi connectivity index (χ4n) is 2.52. The molecule has 0 unspecified atom stereocenters. The lowest BCUT2D eigenvalue weighted by Gasteiger charge is -2.22. The van der Waals surface area contributed by atoms with E-state index < -0.39 is 0 Å². The average molecular weight is 249 g/mol. The van der Waals surface area contributed by atoms with Gasteiger partial charge in [-0.05, 0) is 31.7 Å². The normalized spacial score (nSPS) is 16.5. The molecule has 0 aliphatic heterocycles. The molecule has 0 amide bonds. The minimum absolute atomic E-state index is 0.135. The Bertz CT molecular complexity index is 425. The van der Waals surface area contributed by atoms with E-state index in [9.17, 15) is 10.1 Å². The number of hydrogen-bond acceptors (Lipinski definition) is 3. The van der Waals surface area contributed by atoms with Crippen molar-refractivity contribution in [2.24, 2.45) is 5.92 Å². The summed E-state index contributed by atoms with van der Waals surface area (Å²) >= 11 is 0. The Kier molecular flexibility index (Phi) is 4.18. The molecule has 0 heterocycles. The molecule has 2 rings (SSSR count). The number of rotatable bonds is 4. The van der Waals surface area contributed by atoms with E-state index in [0.29, 0.717) is 23.8 Å². The highest BCUT2D eigenvalue weighted by Crippen LogP contribution is 2.29. The molecule has 4 heteroatoms.